The highest BCUT2D eigenvalue weighted by Gasteiger charge is 2.48. The van der Waals surface area contributed by atoms with Gasteiger partial charge in [0.05, 0.1) is 35.4 Å². The number of nitrogens with zero attached hydrogens (tertiary/aromatic N) is 3. The SMILES string of the molecule is CCNC(=O)Nc1ccc(-c2nc(N3CCOCC3C)c3c(n2)C(C)(C)S(O)(O)C3)cc1. The molecule has 0 spiro atoms. The number of hydrogen-bond acceptors (Lipinski definition) is 7. The van der Waals surface area contributed by atoms with Crippen LogP contribution in [-0.4, -0.2) is 57.4 Å². The zero-order valence-electron chi connectivity index (χ0n) is 18.9. The number of rotatable bonds is 4. The number of fused-ring (bicyclic) bond motifs is 1. The van der Waals surface area contributed by atoms with Crippen molar-refractivity contribution in [2.24, 2.45) is 0 Å². The topological polar surface area (TPSA) is 120 Å². The molecule has 2 aliphatic heterocycles. The number of carbonyl (C=O) groups excluding carboxylic acids is 1. The number of urea groups is 1. The number of hydrogen-bond donors (Lipinski definition) is 4. The largest absolute Gasteiger partial charge is 0.377 e. The highest BCUT2D eigenvalue weighted by molar-refractivity contribution is 8.24. The zero-order valence-corrected chi connectivity index (χ0v) is 19.7. The summed E-state index contributed by atoms with van der Waals surface area (Å²) in [6.45, 7) is 10.0. The maximum Gasteiger partial charge on any atom is 0.319 e. The molecular formula is C22H31N5O4S. The van der Waals surface area contributed by atoms with Crippen LogP contribution in [-0.2, 0) is 15.2 Å². The minimum absolute atomic E-state index is 0.116. The smallest absolute Gasteiger partial charge is 0.319 e. The van der Waals surface area contributed by atoms with Gasteiger partial charge in [0, 0.05) is 29.9 Å². The van der Waals surface area contributed by atoms with Crippen LogP contribution in [0.4, 0.5) is 16.3 Å². The molecule has 2 amide bonds. The van der Waals surface area contributed by atoms with Gasteiger partial charge in [-0.05, 0) is 52.0 Å². The minimum Gasteiger partial charge on any atom is -0.377 e. The molecule has 0 saturated carbocycles. The summed E-state index contributed by atoms with van der Waals surface area (Å²) in [5.74, 6) is 1.42. The van der Waals surface area contributed by atoms with Gasteiger partial charge in [-0.3, -0.25) is 9.11 Å². The normalized spacial score (nSPS) is 22.2. The molecule has 2 aromatic rings. The van der Waals surface area contributed by atoms with E-state index in [1.807, 2.05) is 32.9 Å². The van der Waals surface area contributed by atoms with Crippen LogP contribution in [0.1, 0.15) is 39.0 Å². The second-order valence-electron chi connectivity index (χ2n) is 8.70. The number of carbonyl (C=O) groups is 1. The molecule has 4 rings (SSSR count). The van der Waals surface area contributed by atoms with Gasteiger partial charge in [-0.2, -0.15) is 10.6 Å². The van der Waals surface area contributed by atoms with E-state index in [4.69, 9.17) is 14.7 Å². The Morgan fingerprint density at radius 3 is 2.66 bits per heavy atom. The molecule has 1 saturated heterocycles. The molecule has 3 heterocycles. The monoisotopic (exact) mass is 461 g/mol. The molecule has 2 aliphatic rings. The van der Waals surface area contributed by atoms with Gasteiger partial charge < -0.3 is 20.3 Å². The maximum atomic E-state index is 11.8. The number of benzene rings is 1. The van der Waals surface area contributed by atoms with E-state index in [9.17, 15) is 13.9 Å². The van der Waals surface area contributed by atoms with Crippen molar-refractivity contribution in [3.8, 4) is 11.4 Å². The molecule has 9 nitrogen and oxygen atoms in total. The number of amides is 2. The fourth-order valence-electron chi connectivity index (χ4n) is 4.09. The fraction of sp³-hybridized carbons (Fsp3) is 0.500. The van der Waals surface area contributed by atoms with Crippen molar-refractivity contribution in [3.63, 3.8) is 0 Å². The maximum absolute atomic E-state index is 11.8. The first-order valence-corrected chi connectivity index (χ1v) is 12.5. The lowest BCUT2D eigenvalue weighted by Gasteiger charge is -2.40. The molecular weight excluding hydrogens is 430 g/mol. The van der Waals surface area contributed by atoms with Crippen LogP contribution in [0.2, 0.25) is 0 Å². The number of ether oxygens (including phenoxy) is 1. The van der Waals surface area contributed by atoms with Crippen LogP contribution in [0.25, 0.3) is 11.4 Å². The number of aromatic nitrogens is 2. The third kappa shape index (κ3) is 4.03. The number of nitrogens with one attached hydrogen (secondary N) is 2. The molecule has 174 valence electrons. The minimum atomic E-state index is -2.90. The van der Waals surface area contributed by atoms with Crippen molar-refractivity contribution in [3.05, 3.63) is 35.5 Å². The zero-order chi connectivity index (χ0) is 23.1. The Morgan fingerprint density at radius 2 is 2.00 bits per heavy atom. The Bertz CT molecular complexity index is 1010. The van der Waals surface area contributed by atoms with E-state index in [-0.39, 0.29) is 17.8 Å². The van der Waals surface area contributed by atoms with Crippen molar-refractivity contribution in [2.75, 3.05) is 36.5 Å². The van der Waals surface area contributed by atoms with Gasteiger partial charge >= 0.3 is 6.03 Å². The molecule has 0 bridgehead atoms. The van der Waals surface area contributed by atoms with Crippen molar-refractivity contribution in [1.82, 2.24) is 15.3 Å². The van der Waals surface area contributed by atoms with Crippen LogP contribution in [0.5, 0.6) is 0 Å². The van der Waals surface area contributed by atoms with E-state index in [0.717, 1.165) is 16.9 Å². The first-order chi connectivity index (χ1) is 15.1. The van der Waals surface area contributed by atoms with Gasteiger partial charge in [0.25, 0.3) is 0 Å². The van der Waals surface area contributed by atoms with Crippen molar-refractivity contribution >= 4 is 28.1 Å². The van der Waals surface area contributed by atoms with E-state index >= 15 is 0 Å². The van der Waals surface area contributed by atoms with Gasteiger partial charge in [-0.25, -0.2) is 14.8 Å². The van der Waals surface area contributed by atoms with Crippen LogP contribution >= 0.6 is 10.6 Å². The third-order valence-corrected chi connectivity index (χ3v) is 8.62. The average molecular weight is 462 g/mol. The van der Waals surface area contributed by atoms with E-state index < -0.39 is 15.3 Å². The molecule has 10 heteroatoms. The molecule has 1 fully saturated rings. The van der Waals surface area contributed by atoms with Gasteiger partial charge in [0.15, 0.2) is 5.82 Å². The van der Waals surface area contributed by atoms with E-state index in [1.54, 1.807) is 12.1 Å². The molecule has 0 aliphatic carbocycles. The molecule has 0 radical (unpaired) electrons. The predicted molar refractivity (Wildman–Crippen MR) is 127 cm³/mol. The Kier molecular flexibility index (Phi) is 6.06. The average Bonchev–Trinajstić information content (AvgIpc) is 2.93. The Morgan fingerprint density at radius 1 is 1.28 bits per heavy atom. The van der Waals surface area contributed by atoms with Crippen LogP contribution < -0.4 is 15.5 Å². The molecule has 4 N–H and O–H groups in total. The van der Waals surface area contributed by atoms with E-state index in [2.05, 4.69) is 22.5 Å². The lowest BCUT2D eigenvalue weighted by atomic mass is 10.0. The fourth-order valence-corrected chi connectivity index (χ4v) is 5.59. The highest BCUT2D eigenvalue weighted by atomic mass is 32.3. The molecule has 1 aromatic carbocycles. The van der Waals surface area contributed by atoms with Gasteiger partial charge in [0.2, 0.25) is 0 Å². The summed E-state index contributed by atoms with van der Waals surface area (Å²) in [4.78, 5) is 23.6. The molecule has 1 aromatic heterocycles. The van der Waals surface area contributed by atoms with Crippen molar-refractivity contribution < 1.29 is 18.6 Å². The second kappa shape index (κ2) is 8.51. The first kappa shape index (κ1) is 22.8. The van der Waals surface area contributed by atoms with E-state index in [1.165, 1.54) is 0 Å². The van der Waals surface area contributed by atoms with Crippen molar-refractivity contribution in [2.45, 2.75) is 44.2 Å². The Balaban J connectivity index is 1.76. The predicted octanol–water partition coefficient (Wildman–Crippen LogP) is 4.01. The summed E-state index contributed by atoms with van der Waals surface area (Å²) in [6.07, 6.45) is 0. The first-order valence-electron chi connectivity index (χ1n) is 10.8. The van der Waals surface area contributed by atoms with Gasteiger partial charge in [-0.15, -0.1) is 0 Å². The van der Waals surface area contributed by atoms with Gasteiger partial charge in [-0.1, -0.05) is 0 Å². The van der Waals surface area contributed by atoms with Crippen LogP contribution in [0.15, 0.2) is 24.3 Å². The number of morpholine rings is 1. The molecule has 1 atom stereocenters. The molecule has 32 heavy (non-hydrogen) atoms. The Labute approximate surface area is 189 Å². The van der Waals surface area contributed by atoms with E-state index in [0.29, 0.717) is 43.5 Å². The molecule has 1 unspecified atom stereocenters. The van der Waals surface area contributed by atoms with Crippen LogP contribution in [0, 0.1) is 0 Å². The standard InChI is InChI=1S/C22H31N5O4S/c1-5-23-21(28)24-16-8-6-15(7-9-16)19-25-18-17(13-32(29,30)22(18,3)4)20(26-19)27-10-11-31-12-14(27)2/h6-9,14,29-30H,5,10-13H2,1-4H3,(H2,23,24,28). The van der Waals surface area contributed by atoms with Gasteiger partial charge in [0.1, 0.15) is 5.82 Å². The summed E-state index contributed by atoms with van der Waals surface area (Å²) in [6, 6.07) is 7.17. The summed E-state index contributed by atoms with van der Waals surface area (Å²) >= 11 is 0. The summed E-state index contributed by atoms with van der Waals surface area (Å²) in [5, 5.41) is 5.48. The Hall–Kier alpha value is -2.40. The third-order valence-electron chi connectivity index (χ3n) is 6.10. The lowest BCUT2D eigenvalue weighted by molar-refractivity contribution is 0.0984. The number of anilines is 2. The summed E-state index contributed by atoms with van der Waals surface area (Å²) < 4.78 is 26.4. The lowest BCUT2D eigenvalue weighted by Crippen LogP contribution is -2.44. The second-order valence-corrected chi connectivity index (χ2v) is 11.3. The quantitative estimate of drug-likeness (QED) is 0.543. The van der Waals surface area contributed by atoms with Crippen molar-refractivity contribution in [1.29, 1.82) is 0 Å². The highest BCUT2D eigenvalue weighted by Crippen LogP contribution is 2.66. The van der Waals surface area contributed by atoms with Crippen LogP contribution in [0.3, 0.4) is 0 Å². The summed E-state index contributed by atoms with van der Waals surface area (Å²) in [5.41, 5.74) is 2.94. The summed E-state index contributed by atoms with van der Waals surface area (Å²) in [7, 11) is -2.90.